The highest BCUT2D eigenvalue weighted by molar-refractivity contribution is 7.99. The molecule has 82 valence electrons. The summed E-state index contributed by atoms with van der Waals surface area (Å²) in [6.45, 7) is 7.51. The van der Waals surface area contributed by atoms with Gasteiger partial charge < -0.3 is 10.2 Å². The van der Waals surface area contributed by atoms with Gasteiger partial charge in [0, 0.05) is 24.9 Å². The molecule has 2 fully saturated rings. The lowest BCUT2D eigenvalue weighted by Gasteiger charge is -2.25. The fourth-order valence-corrected chi connectivity index (χ4v) is 3.33. The maximum absolute atomic E-state index is 3.63. The van der Waals surface area contributed by atoms with Gasteiger partial charge in [-0.15, -0.1) is 0 Å². The molecular formula is C11H22N2S. The second-order valence-corrected chi connectivity index (χ2v) is 5.82. The molecule has 2 saturated heterocycles. The van der Waals surface area contributed by atoms with Gasteiger partial charge in [-0.2, -0.15) is 11.8 Å². The highest BCUT2D eigenvalue weighted by Crippen LogP contribution is 2.17. The minimum Gasteiger partial charge on any atom is -0.312 e. The first-order valence-electron chi connectivity index (χ1n) is 5.90. The van der Waals surface area contributed by atoms with E-state index < -0.39 is 0 Å². The van der Waals surface area contributed by atoms with Crippen molar-refractivity contribution < 1.29 is 0 Å². The molecule has 0 spiro atoms. The number of rotatable bonds is 2. The van der Waals surface area contributed by atoms with E-state index in [4.69, 9.17) is 0 Å². The summed E-state index contributed by atoms with van der Waals surface area (Å²) in [7, 11) is 0. The Hall–Kier alpha value is 0.270. The zero-order valence-electron chi connectivity index (χ0n) is 9.17. The van der Waals surface area contributed by atoms with Gasteiger partial charge in [0.05, 0.1) is 0 Å². The zero-order chi connectivity index (χ0) is 9.80. The summed E-state index contributed by atoms with van der Waals surface area (Å²) in [5.41, 5.74) is 0. The van der Waals surface area contributed by atoms with Crippen molar-refractivity contribution in [3.63, 3.8) is 0 Å². The summed E-state index contributed by atoms with van der Waals surface area (Å²) in [6, 6.07) is 0.762. The first kappa shape index (κ1) is 10.8. The molecule has 0 aromatic rings. The summed E-state index contributed by atoms with van der Waals surface area (Å²) in [5.74, 6) is 3.58. The third kappa shape index (κ3) is 2.88. The van der Waals surface area contributed by atoms with Crippen molar-refractivity contribution in [2.24, 2.45) is 5.92 Å². The molecule has 0 aromatic carbocycles. The van der Waals surface area contributed by atoms with E-state index in [0.29, 0.717) is 0 Å². The molecule has 1 N–H and O–H groups in total. The van der Waals surface area contributed by atoms with Crippen LogP contribution < -0.4 is 5.32 Å². The SMILES string of the molecule is CC1CCNC1CN1CCCSCC1. The van der Waals surface area contributed by atoms with E-state index in [2.05, 4.69) is 28.9 Å². The minimum atomic E-state index is 0.762. The lowest BCUT2D eigenvalue weighted by molar-refractivity contribution is 0.249. The average molecular weight is 214 g/mol. The first-order chi connectivity index (χ1) is 6.86. The van der Waals surface area contributed by atoms with Gasteiger partial charge in [-0.05, 0) is 37.6 Å². The normalized spacial score (nSPS) is 35.8. The summed E-state index contributed by atoms with van der Waals surface area (Å²) in [5, 5.41) is 3.63. The molecule has 2 heterocycles. The molecule has 2 atom stereocenters. The van der Waals surface area contributed by atoms with Gasteiger partial charge in [0.25, 0.3) is 0 Å². The van der Waals surface area contributed by atoms with E-state index in [9.17, 15) is 0 Å². The Kier molecular flexibility index (Phi) is 4.14. The molecule has 0 amide bonds. The fourth-order valence-electron chi connectivity index (χ4n) is 2.40. The van der Waals surface area contributed by atoms with Gasteiger partial charge in [0.15, 0.2) is 0 Å². The van der Waals surface area contributed by atoms with E-state index >= 15 is 0 Å². The molecule has 0 aromatic heterocycles. The highest BCUT2D eigenvalue weighted by Gasteiger charge is 2.24. The van der Waals surface area contributed by atoms with Crippen molar-refractivity contribution in [1.29, 1.82) is 0 Å². The third-order valence-electron chi connectivity index (χ3n) is 3.46. The van der Waals surface area contributed by atoms with Crippen molar-refractivity contribution in [3.8, 4) is 0 Å². The second kappa shape index (κ2) is 5.38. The highest BCUT2D eigenvalue weighted by atomic mass is 32.2. The summed E-state index contributed by atoms with van der Waals surface area (Å²) in [4.78, 5) is 2.65. The monoisotopic (exact) mass is 214 g/mol. The van der Waals surface area contributed by atoms with Gasteiger partial charge in [0.2, 0.25) is 0 Å². The number of hydrogen-bond donors (Lipinski definition) is 1. The van der Waals surface area contributed by atoms with Crippen LogP contribution in [0.3, 0.4) is 0 Å². The Labute approximate surface area is 91.8 Å². The lowest BCUT2D eigenvalue weighted by atomic mass is 10.0. The second-order valence-electron chi connectivity index (χ2n) is 4.59. The van der Waals surface area contributed by atoms with Crippen molar-refractivity contribution in [2.45, 2.75) is 25.8 Å². The van der Waals surface area contributed by atoms with Gasteiger partial charge in [0.1, 0.15) is 0 Å². The van der Waals surface area contributed by atoms with Crippen molar-refractivity contribution in [2.75, 3.05) is 37.7 Å². The number of thioether (sulfide) groups is 1. The van der Waals surface area contributed by atoms with Crippen LogP contribution in [0.15, 0.2) is 0 Å². The number of hydrogen-bond acceptors (Lipinski definition) is 3. The predicted octanol–water partition coefficient (Wildman–Crippen LogP) is 1.42. The summed E-state index contributed by atoms with van der Waals surface area (Å²) >= 11 is 2.12. The Balaban J connectivity index is 1.77. The van der Waals surface area contributed by atoms with Crippen LogP contribution in [0.1, 0.15) is 19.8 Å². The number of nitrogens with one attached hydrogen (secondary N) is 1. The Morgan fingerprint density at radius 2 is 2.29 bits per heavy atom. The van der Waals surface area contributed by atoms with Gasteiger partial charge in [-0.1, -0.05) is 6.92 Å². The topological polar surface area (TPSA) is 15.3 Å². The summed E-state index contributed by atoms with van der Waals surface area (Å²) < 4.78 is 0. The summed E-state index contributed by atoms with van der Waals surface area (Å²) in [6.07, 6.45) is 2.75. The van der Waals surface area contributed by atoms with E-state index in [1.165, 1.54) is 50.5 Å². The van der Waals surface area contributed by atoms with E-state index in [-0.39, 0.29) is 0 Å². The van der Waals surface area contributed by atoms with Crippen LogP contribution in [0.4, 0.5) is 0 Å². The standard InChI is InChI=1S/C11H22N2S/c1-10-3-4-12-11(10)9-13-5-2-7-14-8-6-13/h10-12H,2-9H2,1H3. The van der Waals surface area contributed by atoms with Crippen LogP contribution >= 0.6 is 11.8 Å². The van der Waals surface area contributed by atoms with Crippen LogP contribution in [0.2, 0.25) is 0 Å². The average Bonchev–Trinajstić information content (AvgIpc) is 2.44. The quantitative estimate of drug-likeness (QED) is 0.748. The molecule has 0 radical (unpaired) electrons. The maximum Gasteiger partial charge on any atom is 0.0221 e. The molecular weight excluding hydrogens is 192 g/mol. The third-order valence-corrected chi connectivity index (χ3v) is 4.51. The Morgan fingerprint density at radius 3 is 3.07 bits per heavy atom. The largest absolute Gasteiger partial charge is 0.312 e. The molecule has 14 heavy (non-hydrogen) atoms. The number of nitrogens with zero attached hydrogens (tertiary/aromatic N) is 1. The molecule has 2 aliphatic rings. The maximum atomic E-state index is 3.63. The van der Waals surface area contributed by atoms with Crippen LogP contribution in [-0.4, -0.2) is 48.6 Å². The molecule has 2 unspecified atom stereocenters. The smallest absolute Gasteiger partial charge is 0.0221 e. The van der Waals surface area contributed by atoms with Crippen molar-refractivity contribution in [3.05, 3.63) is 0 Å². The van der Waals surface area contributed by atoms with E-state index in [0.717, 1.165) is 12.0 Å². The fraction of sp³-hybridized carbons (Fsp3) is 1.00. The predicted molar refractivity (Wildman–Crippen MR) is 64.0 cm³/mol. The molecule has 0 aliphatic carbocycles. The van der Waals surface area contributed by atoms with E-state index in [1.807, 2.05) is 0 Å². The zero-order valence-corrected chi connectivity index (χ0v) is 9.98. The van der Waals surface area contributed by atoms with Crippen LogP contribution in [-0.2, 0) is 0 Å². The molecule has 3 heteroatoms. The van der Waals surface area contributed by atoms with E-state index in [1.54, 1.807) is 0 Å². The van der Waals surface area contributed by atoms with Gasteiger partial charge >= 0.3 is 0 Å². The molecule has 0 saturated carbocycles. The molecule has 2 nitrogen and oxygen atoms in total. The first-order valence-corrected chi connectivity index (χ1v) is 7.05. The minimum absolute atomic E-state index is 0.762. The van der Waals surface area contributed by atoms with Gasteiger partial charge in [-0.3, -0.25) is 0 Å². The molecule has 2 aliphatic heterocycles. The van der Waals surface area contributed by atoms with Crippen LogP contribution in [0.5, 0.6) is 0 Å². The van der Waals surface area contributed by atoms with Crippen LogP contribution in [0, 0.1) is 5.92 Å². The Bertz CT molecular complexity index is 167. The van der Waals surface area contributed by atoms with Gasteiger partial charge in [-0.25, -0.2) is 0 Å². The van der Waals surface area contributed by atoms with Crippen LogP contribution in [0.25, 0.3) is 0 Å². The molecule has 0 bridgehead atoms. The lowest BCUT2D eigenvalue weighted by Crippen LogP contribution is -2.41. The van der Waals surface area contributed by atoms with Crippen molar-refractivity contribution in [1.82, 2.24) is 10.2 Å². The van der Waals surface area contributed by atoms with Crippen molar-refractivity contribution >= 4 is 11.8 Å². The Morgan fingerprint density at radius 1 is 1.36 bits per heavy atom. The molecule has 2 rings (SSSR count).